The highest BCUT2D eigenvalue weighted by Crippen LogP contribution is 2.51. The molecule has 6 rings (SSSR count). The number of carbonyl (C=O) groups is 1. The molecule has 7 nitrogen and oxygen atoms in total. The molecule has 1 spiro atoms. The van der Waals surface area contributed by atoms with Crippen molar-refractivity contribution in [2.45, 2.75) is 38.3 Å². The third-order valence-corrected chi connectivity index (χ3v) is 6.76. The van der Waals surface area contributed by atoms with E-state index in [9.17, 15) is 4.79 Å². The summed E-state index contributed by atoms with van der Waals surface area (Å²) in [6.07, 6.45) is 2.89. The fourth-order valence-electron chi connectivity index (χ4n) is 5.24. The summed E-state index contributed by atoms with van der Waals surface area (Å²) < 4.78 is 28.8. The van der Waals surface area contributed by atoms with Crippen LogP contribution in [-0.4, -0.2) is 44.1 Å². The van der Waals surface area contributed by atoms with Crippen LogP contribution in [0.15, 0.2) is 36.4 Å². The number of ether oxygens (including phenoxy) is 5. The van der Waals surface area contributed by atoms with Gasteiger partial charge in [0, 0.05) is 29.6 Å². The molecule has 1 saturated heterocycles. The standard InChI is InChI=1S/C24H25NO6/c26-13-25-11-24(12-25)7-20(8-24)31-23(16-1-3-21-18(5-16)9-27-14-29-21)17-2-4-22-19(6-17)10-28-15-30-22/h1-6,13,20,23H,7-12,14-15H2. The van der Waals surface area contributed by atoms with Crippen molar-refractivity contribution < 1.29 is 28.5 Å². The van der Waals surface area contributed by atoms with Crippen molar-refractivity contribution in [1.29, 1.82) is 0 Å². The van der Waals surface area contributed by atoms with Crippen molar-refractivity contribution in [2.75, 3.05) is 26.7 Å². The molecule has 2 aromatic carbocycles. The van der Waals surface area contributed by atoms with Crippen LogP contribution in [0, 0.1) is 5.41 Å². The van der Waals surface area contributed by atoms with Gasteiger partial charge in [0.2, 0.25) is 6.41 Å². The predicted octanol–water partition coefficient (Wildman–Crippen LogP) is 3.15. The Bertz CT molecular complexity index is 934. The van der Waals surface area contributed by atoms with Gasteiger partial charge in [0.15, 0.2) is 13.6 Å². The van der Waals surface area contributed by atoms with Gasteiger partial charge in [-0.1, -0.05) is 12.1 Å². The van der Waals surface area contributed by atoms with Crippen molar-refractivity contribution in [2.24, 2.45) is 5.41 Å². The topological polar surface area (TPSA) is 66.5 Å². The van der Waals surface area contributed by atoms with E-state index in [1.54, 1.807) is 0 Å². The molecule has 7 heteroatoms. The maximum Gasteiger partial charge on any atom is 0.209 e. The van der Waals surface area contributed by atoms with Crippen LogP contribution >= 0.6 is 0 Å². The summed E-state index contributed by atoms with van der Waals surface area (Å²) in [5.74, 6) is 1.74. The predicted molar refractivity (Wildman–Crippen MR) is 109 cm³/mol. The Balaban J connectivity index is 1.27. The molecule has 0 N–H and O–H groups in total. The van der Waals surface area contributed by atoms with Crippen LogP contribution in [-0.2, 0) is 32.2 Å². The van der Waals surface area contributed by atoms with Crippen LogP contribution in [0.1, 0.15) is 41.2 Å². The average Bonchev–Trinajstić information content (AvgIpc) is 2.76. The van der Waals surface area contributed by atoms with Crippen LogP contribution < -0.4 is 9.47 Å². The number of hydrogen-bond donors (Lipinski definition) is 0. The molecule has 0 aromatic heterocycles. The van der Waals surface area contributed by atoms with Gasteiger partial charge >= 0.3 is 0 Å². The Kier molecular flexibility index (Phi) is 4.63. The van der Waals surface area contributed by atoms with Gasteiger partial charge in [-0.3, -0.25) is 4.79 Å². The molecule has 0 bridgehead atoms. The maximum atomic E-state index is 10.9. The summed E-state index contributed by atoms with van der Waals surface area (Å²) in [5.41, 5.74) is 4.48. The second kappa shape index (κ2) is 7.51. The first kappa shape index (κ1) is 19.1. The van der Waals surface area contributed by atoms with E-state index in [4.69, 9.17) is 23.7 Å². The van der Waals surface area contributed by atoms with Crippen LogP contribution in [0.5, 0.6) is 11.5 Å². The lowest BCUT2D eigenvalue weighted by Gasteiger charge is -2.58. The normalized spacial score (nSPS) is 21.4. The minimum atomic E-state index is -0.205. The molecule has 3 aliphatic heterocycles. The first-order valence-electron chi connectivity index (χ1n) is 10.7. The fraction of sp³-hybridized carbons (Fsp3) is 0.458. The van der Waals surface area contributed by atoms with Crippen LogP contribution in [0.2, 0.25) is 0 Å². The highest BCUT2D eigenvalue weighted by atomic mass is 16.7. The molecule has 31 heavy (non-hydrogen) atoms. The van der Waals surface area contributed by atoms with Gasteiger partial charge < -0.3 is 28.6 Å². The molecule has 4 aliphatic rings. The van der Waals surface area contributed by atoms with Crippen molar-refractivity contribution in [3.8, 4) is 11.5 Å². The zero-order valence-corrected chi connectivity index (χ0v) is 17.2. The number of nitrogens with zero attached hydrogens (tertiary/aromatic N) is 1. The Morgan fingerprint density at radius 2 is 1.52 bits per heavy atom. The van der Waals surface area contributed by atoms with Gasteiger partial charge in [0.05, 0.1) is 19.3 Å². The third kappa shape index (κ3) is 3.46. The van der Waals surface area contributed by atoms with Gasteiger partial charge in [-0.15, -0.1) is 0 Å². The largest absolute Gasteiger partial charge is 0.467 e. The molecule has 3 heterocycles. The molecule has 162 valence electrons. The van der Waals surface area contributed by atoms with E-state index < -0.39 is 0 Å². The number of amides is 1. The highest BCUT2D eigenvalue weighted by Gasteiger charge is 2.53. The van der Waals surface area contributed by atoms with Crippen LogP contribution in [0.3, 0.4) is 0 Å². The average molecular weight is 423 g/mol. The molecular weight excluding hydrogens is 398 g/mol. The lowest BCUT2D eigenvalue weighted by molar-refractivity contribution is -0.169. The van der Waals surface area contributed by atoms with Gasteiger partial charge in [-0.05, 0) is 48.2 Å². The molecule has 0 atom stereocenters. The smallest absolute Gasteiger partial charge is 0.209 e. The zero-order valence-electron chi connectivity index (χ0n) is 17.2. The minimum absolute atomic E-state index is 0.172. The molecule has 2 aromatic rings. The molecule has 2 fully saturated rings. The summed E-state index contributed by atoms with van der Waals surface area (Å²) >= 11 is 0. The zero-order chi connectivity index (χ0) is 20.8. The second-order valence-electron chi connectivity index (χ2n) is 9.01. The number of rotatable bonds is 5. The fourth-order valence-corrected chi connectivity index (χ4v) is 5.24. The van der Waals surface area contributed by atoms with Crippen molar-refractivity contribution in [1.82, 2.24) is 4.90 Å². The van der Waals surface area contributed by atoms with E-state index in [1.165, 1.54) is 0 Å². The molecule has 1 saturated carbocycles. The Hall–Kier alpha value is -2.61. The Labute approximate surface area is 180 Å². The number of benzene rings is 2. The monoisotopic (exact) mass is 423 g/mol. The molecule has 0 unspecified atom stereocenters. The van der Waals surface area contributed by atoms with Crippen LogP contribution in [0.4, 0.5) is 0 Å². The van der Waals surface area contributed by atoms with E-state index in [-0.39, 0.29) is 17.6 Å². The quantitative estimate of drug-likeness (QED) is 0.689. The van der Waals surface area contributed by atoms with E-state index in [2.05, 4.69) is 24.3 Å². The summed E-state index contributed by atoms with van der Waals surface area (Å²) in [5, 5.41) is 0. The van der Waals surface area contributed by atoms with Gasteiger partial charge in [-0.2, -0.15) is 0 Å². The Morgan fingerprint density at radius 1 is 0.935 bits per heavy atom. The third-order valence-electron chi connectivity index (χ3n) is 6.76. The number of carbonyl (C=O) groups excluding carboxylic acids is 1. The van der Waals surface area contributed by atoms with Crippen molar-refractivity contribution in [3.05, 3.63) is 58.7 Å². The van der Waals surface area contributed by atoms with Gasteiger partial charge in [0.25, 0.3) is 0 Å². The van der Waals surface area contributed by atoms with Crippen molar-refractivity contribution >= 4 is 6.41 Å². The first-order valence-corrected chi connectivity index (χ1v) is 10.7. The minimum Gasteiger partial charge on any atom is -0.467 e. The number of fused-ring (bicyclic) bond motifs is 2. The summed E-state index contributed by atoms with van der Waals surface area (Å²) in [6, 6.07) is 12.4. The molecular formula is C24H25NO6. The van der Waals surface area contributed by atoms with Crippen LogP contribution in [0.25, 0.3) is 0 Å². The van der Waals surface area contributed by atoms with Gasteiger partial charge in [-0.25, -0.2) is 0 Å². The first-order chi connectivity index (χ1) is 15.2. The number of likely N-dealkylation sites (tertiary alicyclic amines) is 1. The maximum absolute atomic E-state index is 10.9. The highest BCUT2D eigenvalue weighted by molar-refractivity contribution is 5.50. The molecule has 1 aliphatic carbocycles. The van der Waals surface area contributed by atoms with Gasteiger partial charge in [0.1, 0.15) is 17.6 Å². The number of hydrogen-bond acceptors (Lipinski definition) is 6. The van der Waals surface area contributed by atoms with Crippen molar-refractivity contribution in [3.63, 3.8) is 0 Å². The summed E-state index contributed by atoms with van der Waals surface area (Å²) in [4.78, 5) is 12.8. The lowest BCUT2D eigenvalue weighted by Crippen LogP contribution is -2.63. The summed E-state index contributed by atoms with van der Waals surface area (Å²) in [6.45, 7) is 3.36. The lowest BCUT2D eigenvalue weighted by atomic mass is 9.62. The second-order valence-corrected chi connectivity index (χ2v) is 9.01. The molecule has 0 radical (unpaired) electrons. The van der Waals surface area contributed by atoms with E-state index in [1.807, 2.05) is 17.0 Å². The summed E-state index contributed by atoms with van der Waals surface area (Å²) in [7, 11) is 0. The molecule has 1 amide bonds. The van der Waals surface area contributed by atoms with E-state index in [0.717, 1.165) is 66.1 Å². The Morgan fingerprint density at radius 3 is 2.06 bits per heavy atom. The van der Waals surface area contributed by atoms with E-state index in [0.29, 0.717) is 26.8 Å². The SMILES string of the molecule is O=CN1CC2(CC(OC(c3ccc4c(c3)COCO4)c3ccc4c(c3)COCO4)C2)C1. The van der Waals surface area contributed by atoms with E-state index >= 15 is 0 Å².